The Bertz CT molecular complexity index is 618. The van der Waals surface area contributed by atoms with Crippen molar-refractivity contribution in [2.24, 2.45) is 5.73 Å². The molecule has 0 radical (unpaired) electrons. The smallest absolute Gasteiger partial charge is 0.248 e. The lowest BCUT2D eigenvalue weighted by atomic mass is 10.1. The van der Waals surface area contributed by atoms with Crippen LogP contribution in [0.5, 0.6) is 0 Å². The van der Waals surface area contributed by atoms with E-state index in [2.05, 4.69) is 25.6 Å². The third-order valence-electron chi connectivity index (χ3n) is 2.51. The van der Waals surface area contributed by atoms with E-state index in [0.29, 0.717) is 17.4 Å². The van der Waals surface area contributed by atoms with Crippen LogP contribution in [0, 0.1) is 0 Å². The van der Waals surface area contributed by atoms with Crippen LogP contribution in [0.25, 0.3) is 11.5 Å². The summed E-state index contributed by atoms with van der Waals surface area (Å²) in [6.07, 6.45) is 1.52. The van der Waals surface area contributed by atoms with Crippen LogP contribution in [0.3, 0.4) is 0 Å². The van der Waals surface area contributed by atoms with E-state index in [0.717, 1.165) is 5.56 Å². The van der Waals surface area contributed by atoms with E-state index in [1.54, 1.807) is 0 Å². The molecule has 1 atom stereocenters. The van der Waals surface area contributed by atoms with Crippen molar-refractivity contribution in [1.82, 2.24) is 25.6 Å². The van der Waals surface area contributed by atoms with E-state index in [9.17, 15) is 0 Å². The molecule has 0 fully saturated rings. The molecule has 90 valence electrons. The van der Waals surface area contributed by atoms with Gasteiger partial charge in [-0.1, -0.05) is 35.5 Å². The molecule has 2 heterocycles. The fourth-order valence-corrected chi connectivity index (χ4v) is 1.58. The van der Waals surface area contributed by atoms with Gasteiger partial charge in [0.05, 0.1) is 6.20 Å². The van der Waals surface area contributed by atoms with E-state index < -0.39 is 6.04 Å². The monoisotopic (exact) mass is 242 g/mol. The van der Waals surface area contributed by atoms with Gasteiger partial charge in [0.25, 0.3) is 0 Å². The predicted octanol–water partition coefficient (Wildman–Crippen LogP) is 0.903. The third kappa shape index (κ3) is 1.87. The number of aromatic amines is 1. The lowest BCUT2D eigenvalue weighted by Gasteiger charge is -2.05. The second-order valence-corrected chi connectivity index (χ2v) is 3.70. The lowest BCUT2D eigenvalue weighted by molar-refractivity contribution is 0.367. The van der Waals surface area contributed by atoms with Gasteiger partial charge in [-0.15, -0.1) is 0 Å². The number of nitrogens with zero attached hydrogens (tertiary/aromatic N) is 4. The van der Waals surface area contributed by atoms with Gasteiger partial charge in [0.2, 0.25) is 11.7 Å². The van der Waals surface area contributed by atoms with Gasteiger partial charge in [0, 0.05) is 0 Å². The highest BCUT2D eigenvalue weighted by molar-refractivity contribution is 5.45. The van der Waals surface area contributed by atoms with Crippen LogP contribution < -0.4 is 5.73 Å². The molecule has 3 N–H and O–H groups in total. The van der Waals surface area contributed by atoms with Crippen LogP contribution in [0.2, 0.25) is 0 Å². The maximum absolute atomic E-state index is 6.04. The minimum absolute atomic E-state index is 0.346. The maximum atomic E-state index is 6.04. The summed E-state index contributed by atoms with van der Waals surface area (Å²) in [4.78, 5) is 4.20. The van der Waals surface area contributed by atoms with E-state index in [1.165, 1.54) is 6.20 Å². The molecular formula is C11H10N6O. The molecule has 0 spiro atoms. The first-order valence-corrected chi connectivity index (χ1v) is 5.35. The van der Waals surface area contributed by atoms with Gasteiger partial charge in [-0.05, 0) is 5.56 Å². The number of hydrogen-bond acceptors (Lipinski definition) is 6. The van der Waals surface area contributed by atoms with Crippen LogP contribution >= 0.6 is 0 Å². The van der Waals surface area contributed by atoms with Crippen molar-refractivity contribution in [3.63, 3.8) is 0 Å². The highest BCUT2D eigenvalue weighted by atomic mass is 16.5. The number of rotatable bonds is 3. The highest BCUT2D eigenvalue weighted by Crippen LogP contribution is 2.19. The van der Waals surface area contributed by atoms with Crippen LogP contribution in [-0.4, -0.2) is 25.6 Å². The Morgan fingerprint density at radius 3 is 2.78 bits per heavy atom. The molecule has 18 heavy (non-hydrogen) atoms. The molecule has 7 heteroatoms. The van der Waals surface area contributed by atoms with Gasteiger partial charge >= 0.3 is 0 Å². The Morgan fingerprint density at radius 1 is 1.22 bits per heavy atom. The average molecular weight is 242 g/mol. The van der Waals surface area contributed by atoms with Crippen molar-refractivity contribution in [1.29, 1.82) is 0 Å². The van der Waals surface area contributed by atoms with Crippen molar-refractivity contribution in [3.05, 3.63) is 48.0 Å². The summed E-state index contributed by atoms with van der Waals surface area (Å²) >= 11 is 0. The summed E-state index contributed by atoms with van der Waals surface area (Å²) in [6.45, 7) is 0. The number of nitrogens with one attached hydrogen (secondary N) is 1. The molecule has 0 saturated carbocycles. The fraction of sp³-hybridized carbons (Fsp3) is 0.0909. The van der Waals surface area contributed by atoms with Crippen LogP contribution in [0.15, 0.2) is 41.1 Å². The zero-order chi connectivity index (χ0) is 12.4. The lowest BCUT2D eigenvalue weighted by Crippen LogP contribution is -2.11. The molecule has 2 aromatic heterocycles. The molecule has 0 aliphatic carbocycles. The molecule has 0 unspecified atom stereocenters. The Kier molecular flexibility index (Phi) is 2.58. The fourth-order valence-electron chi connectivity index (χ4n) is 1.58. The zero-order valence-corrected chi connectivity index (χ0v) is 9.32. The number of H-pyrrole nitrogens is 1. The normalized spacial score (nSPS) is 12.5. The Morgan fingerprint density at radius 2 is 2.06 bits per heavy atom. The highest BCUT2D eigenvalue weighted by Gasteiger charge is 2.18. The first-order valence-electron chi connectivity index (χ1n) is 5.35. The predicted molar refractivity (Wildman–Crippen MR) is 62.1 cm³/mol. The number of nitrogens with two attached hydrogens (primary N) is 1. The second kappa shape index (κ2) is 4.38. The van der Waals surface area contributed by atoms with Crippen molar-refractivity contribution in [2.75, 3.05) is 0 Å². The molecule has 0 bridgehead atoms. The van der Waals surface area contributed by atoms with Crippen molar-refractivity contribution < 1.29 is 4.52 Å². The first kappa shape index (κ1) is 10.6. The Hall–Kier alpha value is -2.54. The van der Waals surface area contributed by atoms with Gasteiger partial charge in [-0.25, -0.2) is 0 Å². The first-order chi connectivity index (χ1) is 8.84. The average Bonchev–Trinajstić information content (AvgIpc) is 3.09. The quantitative estimate of drug-likeness (QED) is 0.706. The third-order valence-corrected chi connectivity index (χ3v) is 2.51. The summed E-state index contributed by atoms with van der Waals surface area (Å²) in [7, 11) is 0. The summed E-state index contributed by atoms with van der Waals surface area (Å²) in [6, 6.07) is 9.10. The Labute approximate surface area is 102 Å². The standard InChI is InChI=1S/C11H10N6O/c12-9(7-4-2-1-3-5-7)11-14-10(16-18-11)8-6-13-17-15-8/h1-6,9H,12H2,(H,13,15,17)/t9-/m1/s1. The molecule has 3 aromatic rings. The van der Waals surface area contributed by atoms with E-state index in [-0.39, 0.29) is 0 Å². The molecule has 7 nitrogen and oxygen atoms in total. The van der Waals surface area contributed by atoms with E-state index in [1.807, 2.05) is 30.3 Å². The van der Waals surface area contributed by atoms with Gasteiger partial charge in [0.15, 0.2) is 5.69 Å². The summed E-state index contributed by atoms with van der Waals surface area (Å²) in [5, 5.41) is 13.9. The molecule has 0 aliphatic heterocycles. The summed E-state index contributed by atoms with van der Waals surface area (Å²) in [5.41, 5.74) is 7.47. The topological polar surface area (TPSA) is 107 Å². The summed E-state index contributed by atoms with van der Waals surface area (Å²) in [5.74, 6) is 0.712. The number of hydrogen-bond donors (Lipinski definition) is 2. The van der Waals surface area contributed by atoms with Crippen LogP contribution in [-0.2, 0) is 0 Å². The van der Waals surface area contributed by atoms with Crippen LogP contribution in [0.4, 0.5) is 0 Å². The van der Waals surface area contributed by atoms with Gasteiger partial charge in [-0.2, -0.15) is 20.4 Å². The molecule has 0 saturated heterocycles. The molecule has 1 aromatic carbocycles. The SMILES string of the molecule is N[C@H](c1ccccc1)c1nc(-c2cn[nH]n2)no1. The van der Waals surface area contributed by atoms with Crippen molar-refractivity contribution in [3.8, 4) is 11.5 Å². The largest absolute Gasteiger partial charge is 0.337 e. The van der Waals surface area contributed by atoms with Gasteiger partial charge in [-0.3, -0.25) is 0 Å². The van der Waals surface area contributed by atoms with E-state index >= 15 is 0 Å². The maximum Gasteiger partial charge on any atom is 0.248 e. The molecule has 0 aliphatic rings. The minimum atomic E-state index is -0.445. The summed E-state index contributed by atoms with van der Waals surface area (Å²) < 4.78 is 5.14. The molecular weight excluding hydrogens is 232 g/mol. The van der Waals surface area contributed by atoms with Gasteiger partial charge < -0.3 is 10.3 Å². The second-order valence-electron chi connectivity index (χ2n) is 3.70. The van der Waals surface area contributed by atoms with Crippen molar-refractivity contribution >= 4 is 0 Å². The van der Waals surface area contributed by atoms with Crippen LogP contribution in [0.1, 0.15) is 17.5 Å². The molecule has 0 amide bonds. The Balaban J connectivity index is 1.90. The van der Waals surface area contributed by atoms with Gasteiger partial charge in [0.1, 0.15) is 6.04 Å². The van der Waals surface area contributed by atoms with Crippen molar-refractivity contribution in [2.45, 2.75) is 6.04 Å². The minimum Gasteiger partial charge on any atom is -0.337 e. The van der Waals surface area contributed by atoms with E-state index in [4.69, 9.17) is 10.3 Å². The zero-order valence-electron chi connectivity index (χ0n) is 9.32. The molecule has 3 rings (SSSR count). The number of benzene rings is 1. The number of aromatic nitrogens is 5.